The van der Waals surface area contributed by atoms with Crippen LogP contribution in [0.4, 0.5) is 5.69 Å². The molecule has 0 saturated heterocycles. The minimum Gasteiger partial charge on any atom is -0.399 e. The van der Waals surface area contributed by atoms with Gasteiger partial charge in [0.05, 0.1) is 0 Å². The van der Waals surface area contributed by atoms with E-state index in [1.165, 1.54) is 12.0 Å². The van der Waals surface area contributed by atoms with Crippen LogP contribution in [-0.4, -0.2) is 18.0 Å². The molecule has 0 unspecified atom stereocenters. The first-order valence-corrected chi connectivity index (χ1v) is 7.13. The SMILES string of the molecule is Cc1ccc(CN2CC=C(C(C)(C)C)CC2)cc1N. The van der Waals surface area contributed by atoms with E-state index in [2.05, 4.69) is 56.9 Å². The lowest BCUT2D eigenvalue weighted by Gasteiger charge is -2.32. The predicted molar refractivity (Wildman–Crippen MR) is 83.0 cm³/mol. The number of rotatable bonds is 2. The predicted octanol–water partition coefficient (Wildman–Crippen LogP) is 3.76. The molecule has 2 rings (SSSR count). The smallest absolute Gasteiger partial charge is 0.0346 e. The van der Waals surface area contributed by atoms with Crippen LogP contribution < -0.4 is 5.73 Å². The maximum atomic E-state index is 5.97. The molecule has 1 aromatic carbocycles. The number of nitrogens with two attached hydrogens (primary N) is 1. The highest BCUT2D eigenvalue weighted by molar-refractivity contribution is 5.48. The first kappa shape index (κ1) is 14.1. The second kappa shape index (κ2) is 5.38. The Labute approximate surface area is 117 Å². The second-order valence-corrected chi connectivity index (χ2v) is 6.66. The van der Waals surface area contributed by atoms with Crippen molar-refractivity contribution in [2.75, 3.05) is 18.8 Å². The summed E-state index contributed by atoms with van der Waals surface area (Å²) in [7, 11) is 0. The van der Waals surface area contributed by atoms with E-state index in [0.717, 1.165) is 30.9 Å². The molecule has 0 fully saturated rings. The monoisotopic (exact) mass is 258 g/mol. The number of hydrogen-bond acceptors (Lipinski definition) is 2. The van der Waals surface area contributed by atoms with Crippen LogP contribution in [0.2, 0.25) is 0 Å². The highest BCUT2D eigenvalue weighted by Gasteiger charge is 2.21. The summed E-state index contributed by atoms with van der Waals surface area (Å²) in [5.74, 6) is 0. The molecule has 0 aliphatic carbocycles. The van der Waals surface area contributed by atoms with E-state index in [-0.39, 0.29) is 0 Å². The van der Waals surface area contributed by atoms with E-state index in [0.29, 0.717) is 5.41 Å². The van der Waals surface area contributed by atoms with Gasteiger partial charge in [0.25, 0.3) is 0 Å². The van der Waals surface area contributed by atoms with Gasteiger partial charge in [-0.25, -0.2) is 0 Å². The number of nitrogen functional groups attached to an aromatic ring is 1. The van der Waals surface area contributed by atoms with Crippen LogP contribution in [0.1, 0.15) is 38.3 Å². The maximum absolute atomic E-state index is 5.97. The summed E-state index contributed by atoms with van der Waals surface area (Å²) in [5.41, 5.74) is 11.3. The van der Waals surface area contributed by atoms with Crippen molar-refractivity contribution in [1.82, 2.24) is 4.90 Å². The van der Waals surface area contributed by atoms with Gasteiger partial charge in [-0.3, -0.25) is 4.90 Å². The average molecular weight is 258 g/mol. The molecule has 1 aliphatic rings. The molecular weight excluding hydrogens is 232 g/mol. The van der Waals surface area contributed by atoms with Gasteiger partial charge in [-0.2, -0.15) is 0 Å². The number of nitrogens with zero attached hydrogens (tertiary/aromatic N) is 1. The average Bonchev–Trinajstić information content (AvgIpc) is 2.33. The number of benzene rings is 1. The van der Waals surface area contributed by atoms with Crippen molar-refractivity contribution in [1.29, 1.82) is 0 Å². The van der Waals surface area contributed by atoms with Crippen LogP contribution in [0.25, 0.3) is 0 Å². The van der Waals surface area contributed by atoms with Gasteiger partial charge < -0.3 is 5.73 Å². The Balaban J connectivity index is 1.99. The zero-order valence-electron chi connectivity index (χ0n) is 12.7. The van der Waals surface area contributed by atoms with Gasteiger partial charge >= 0.3 is 0 Å². The molecule has 0 spiro atoms. The van der Waals surface area contributed by atoms with Crippen LogP contribution in [-0.2, 0) is 6.54 Å². The molecule has 2 nitrogen and oxygen atoms in total. The summed E-state index contributed by atoms with van der Waals surface area (Å²) in [6, 6.07) is 6.41. The van der Waals surface area contributed by atoms with Gasteiger partial charge in [0.2, 0.25) is 0 Å². The Morgan fingerprint density at radius 1 is 1.26 bits per heavy atom. The van der Waals surface area contributed by atoms with Gasteiger partial charge in [0, 0.05) is 25.3 Å². The normalized spacial score (nSPS) is 17.4. The van der Waals surface area contributed by atoms with Crippen LogP contribution in [0.3, 0.4) is 0 Å². The molecule has 0 bridgehead atoms. The summed E-state index contributed by atoms with van der Waals surface area (Å²) in [5, 5.41) is 0. The summed E-state index contributed by atoms with van der Waals surface area (Å²) >= 11 is 0. The number of anilines is 1. The summed E-state index contributed by atoms with van der Waals surface area (Å²) < 4.78 is 0. The van der Waals surface area contributed by atoms with Gasteiger partial charge in [0.15, 0.2) is 0 Å². The van der Waals surface area contributed by atoms with Crippen LogP contribution in [0, 0.1) is 12.3 Å². The van der Waals surface area contributed by atoms with Crippen molar-refractivity contribution in [3.8, 4) is 0 Å². The van der Waals surface area contributed by atoms with Crippen LogP contribution in [0.5, 0.6) is 0 Å². The Hall–Kier alpha value is -1.28. The van der Waals surface area contributed by atoms with E-state index in [4.69, 9.17) is 5.73 Å². The van der Waals surface area contributed by atoms with Crippen molar-refractivity contribution < 1.29 is 0 Å². The fourth-order valence-corrected chi connectivity index (χ4v) is 2.58. The van der Waals surface area contributed by atoms with Crippen molar-refractivity contribution >= 4 is 5.69 Å². The van der Waals surface area contributed by atoms with E-state index in [9.17, 15) is 0 Å². The van der Waals surface area contributed by atoms with Crippen molar-refractivity contribution in [2.45, 2.75) is 40.7 Å². The fraction of sp³-hybridized carbons (Fsp3) is 0.529. The lowest BCUT2D eigenvalue weighted by Crippen LogP contribution is -2.30. The molecule has 0 saturated carbocycles. The molecule has 19 heavy (non-hydrogen) atoms. The third kappa shape index (κ3) is 3.60. The van der Waals surface area contributed by atoms with Crippen molar-refractivity contribution in [3.63, 3.8) is 0 Å². The molecular formula is C17H26N2. The minimum atomic E-state index is 0.320. The van der Waals surface area contributed by atoms with Gasteiger partial charge in [0.1, 0.15) is 0 Å². The molecule has 0 amide bonds. The van der Waals surface area contributed by atoms with E-state index in [1.807, 2.05) is 0 Å². The Morgan fingerprint density at radius 2 is 2.00 bits per heavy atom. The maximum Gasteiger partial charge on any atom is 0.0346 e. The Bertz CT molecular complexity index is 481. The molecule has 0 radical (unpaired) electrons. The molecule has 1 heterocycles. The van der Waals surface area contributed by atoms with Gasteiger partial charge in [-0.1, -0.05) is 44.6 Å². The minimum absolute atomic E-state index is 0.320. The molecule has 1 aromatic rings. The summed E-state index contributed by atoms with van der Waals surface area (Å²) in [6.07, 6.45) is 3.59. The first-order valence-electron chi connectivity index (χ1n) is 7.13. The fourth-order valence-electron chi connectivity index (χ4n) is 2.58. The molecule has 104 valence electrons. The van der Waals surface area contributed by atoms with Gasteiger partial charge in [-0.05, 0) is 36.0 Å². The Kier molecular flexibility index (Phi) is 4.00. The standard InChI is InChI=1S/C17H26N2/c1-13-5-6-14(11-16(13)18)12-19-9-7-15(8-10-19)17(2,3)4/h5-7,11H,8-10,12,18H2,1-4H3. The van der Waals surface area contributed by atoms with Crippen LogP contribution >= 0.6 is 0 Å². The summed E-state index contributed by atoms with van der Waals surface area (Å²) in [4.78, 5) is 2.49. The zero-order valence-corrected chi connectivity index (χ0v) is 12.7. The molecule has 2 heteroatoms. The third-order valence-electron chi connectivity index (χ3n) is 4.01. The van der Waals surface area contributed by atoms with E-state index < -0.39 is 0 Å². The lowest BCUT2D eigenvalue weighted by atomic mass is 9.83. The van der Waals surface area contributed by atoms with Crippen molar-refractivity contribution in [3.05, 3.63) is 41.0 Å². The first-order chi connectivity index (χ1) is 8.86. The van der Waals surface area contributed by atoms with Crippen molar-refractivity contribution in [2.24, 2.45) is 5.41 Å². The topological polar surface area (TPSA) is 29.3 Å². The van der Waals surface area contributed by atoms with E-state index >= 15 is 0 Å². The van der Waals surface area contributed by atoms with Gasteiger partial charge in [-0.15, -0.1) is 0 Å². The Morgan fingerprint density at radius 3 is 2.53 bits per heavy atom. The molecule has 0 aromatic heterocycles. The summed E-state index contributed by atoms with van der Waals surface area (Å²) in [6.45, 7) is 12.2. The quantitative estimate of drug-likeness (QED) is 0.646. The molecule has 2 N–H and O–H groups in total. The molecule has 0 atom stereocenters. The zero-order chi connectivity index (χ0) is 14.0. The third-order valence-corrected chi connectivity index (χ3v) is 4.01. The number of aryl methyl sites for hydroxylation is 1. The number of hydrogen-bond donors (Lipinski definition) is 1. The second-order valence-electron chi connectivity index (χ2n) is 6.66. The van der Waals surface area contributed by atoms with Crippen LogP contribution in [0.15, 0.2) is 29.8 Å². The lowest BCUT2D eigenvalue weighted by molar-refractivity contribution is 0.271. The highest BCUT2D eigenvalue weighted by Crippen LogP contribution is 2.30. The largest absolute Gasteiger partial charge is 0.399 e. The van der Waals surface area contributed by atoms with E-state index in [1.54, 1.807) is 5.57 Å². The molecule has 1 aliphatic heterocycles. The highest BCUT2D eigenvalue weighted by atomic mass is 15.1.